The molecule has 1 atom stereocenters. The van der Waals surface area contributed by atoms with Crippen LogP contribution in [0.5, 0.6) is 0 Å². The second-order valence-corrected chi connectivity index (χ2v) is 9.62. The predicted octanol–water partition coefficient (Wildman–Crippen LogP) is 2.81. The van der Waals surface area contributed by atoms with Gasteiger partial charge in [0.2, 0.25) is 0 Å². The Balaban J connectivity index is 1.96. The number of nitrogens with one attached hydrogen (secondary N) is 1. The van der Waals surface area contributed by atoms with Crippen LogP contribution in [-0.2, 0) is 25.7 Å². The van der Waals surface area contributed by atoms with Gasteiger partial charge in [0.15, 0.2) is 8.96 Å². The number of amides is 1. The third kappa shape index (κ3) is 6.97. The van der Waals surface area contributed by atoms with Crippen molar-refractivity contribution in [2.75, 3.05) is 12.8 Å². The van der Waals surface area contributed by atoms with Crippen molar-refractivity contribution in [2.24, 2.45) is 0 Å². The summed E-state index contributed by atoms with van der Waals surface area (Å²) in [7, 11) is -1.20. The quantitative estimate of drug-likeness (QED) is 0.455. The van der Waals surface area contributed by atoms with Crippen molar-refractivity contribution >= 4 is 21.0 Å². The minimum atomic E-state index is -1.20. The fourth-order valence-electron chi connectivity index (χ4n) is 2.74. The number of ether oxygens (including phenoxy) is 2. The van der Waals surface area contributed by atoms with Gasteiger partial charge >= 0.3 is 12.1 Å². The summed E-state index contributed by atoms with van der Waals surface area (Å²) in [6.45, 7) is 7.91. The van der Waals surface area contributed by atoms with Crippen LogP contribution in [-0.4, -0.2) is 50.3 Å². The summed E-state index contributed by atoms with van der Waals surface area (Å²) < 4.78 is 10.6. The third-order valence-corrected chi connectivity index (χ3v) is 5.99. The van der Waals surface area contributed by atoms with Crippen molar-refractivity contribution in [3.63, 3.8) is 0 Å². The highest BCUT2D eigenvalue weighted by Gasteiger charge is 2.40. The number of hydrogen-bond acceptors (Lipinski definition) is 6. The molecule has 0 aromatic heterocycles. The highest BCUT2D eigenvalue weighted by molar-refractivity contribution is 6.56. The number of esters is 1. The summed E-state index contributed by atoms with van der Waals surface area (Å²) >= 11 is 0. The topological polar surface area (TPSA) is 77.1 Å². The summed E-state index contributed by atoms with van der Waals surface area (Å²) in [4.78, 5) is 32.0. The molecule has 0 bridgehead atoms. The van der Waals surface area contributed by atoms with Gasteiger partial charge < -0.3 is 14.3 Å². The maximum absolute atomic E-state index is 12.6. The van der Waals surface area contributed by atoms with E-state index in [4.69, 9.17) is 14.3 Å². The largest absolute Gasteiger partial charge is 0.464 e. The van der Waals surface area contributed by atoms with Crippen LogP contribution in [0.15, 0.2) is 30.3 Å². The molecule has 1 radical (unpaired) electrons. The zero-order valence-electron chi connectivity index (χ0n) is 16.5. The minimum Gasteiger partial charge on any atom is -0.464 e. The van der Waals surface area contributed by atoms with Gasteiger partial charge in [0.25, 0.3) is 0 Å². The molecule has 0 unspecified atom stereocenters. The molecule has 1 aliphatic rings. The molecule has 0 aliphatic carbocycles. The normalized spacial score (nSPS) is 18.2. The van der Waals surface area contributed by atoms with Crippen molar-refractivity contribution in [3.8, 4) is 0 Å². The van der Waals surface area contributed by atoms with Crippen molar-refractivity contribution in [2.45, 2.75) is 58.4 Å². The van der Waals surface area contributed by atoms with Crippen LogP contribution in [0.25, 0.3) is 0 Å². The molecule has 1 heterocycles. The second kappa shape index (κ2) is 9.87. The first kappa shape index (κ1) is 21.4. The summed E-state index contributed by atoms with van der Waals surface area (Å²) in [5.74, 6) is -0.380. The molecule has 27 heavy (non-hydrogen) atoms. The Bertz CT molecular complexity index is 620. The molecule has 1 amide bonds. The maximum Gasteiger partial charge on any atom is 0.410 e. The van der Waals surface area contributed by atoms with E-state index in [1.54, 1.807) is 27.7 Å². The van der Waals surface area contributed by atoms with Crippen LogP contribution in [0.2, 0.25) is 6.04 Å². The van der Waals surface area contributed by atoms with E-state index >= 15 is 0 Å². The molecule has 1 N–H and O–H groups in total. The Hall–Kier alpha value is -1.90. The molecule has 0 saturated carbocycles. The fourth-order valence-corrected chi connectivity index (χ4v) is 4.72. The van der Waals surface area contributed by atoms with E-state index in [1.807, 2.05) is 30.3 Å². The van der Waals surface area contributed by atoms with E-state index in [0.29, 0.717) is 19.2 Å². The van der Waals surface area contributed by atoms with E-state index in [1.165, 1.54) is 4.90 Å². The number of benzene rings is 1. The molecule has 0 spiro atoms. The Morgan fingerprint density at radius 3 is 2.59 bits per heavy atom. The van der Waals surface area contributed by atoms with Gasteiger partial charge in [0.05, 0.1) is 13.2 Å². The number of hydrogen-bond donors (Lipinski definition) is 1. The third-order valence-electron chi connectivity index (χ3n) is 3.94. The van der Waals surface area contributed by atoms with Gasteiger partial charge in [-0.1, -0.05) is 30.3 Å². The number of carbonyl (C=O) groups excluding carboxylic acids is 2. The van der Waals surface area contributed by atoms with Gasteiger partial charge in [0, 0.05) is 6.17 Å². The lowest BCUT2D eigenvalue weighted by Crippen LogP contribution is -2.58. The Labute approximate surface area is 162 Å². The van der Waals surface area contributed by atoms with Crippen LogP contribution in [0.1, 0.15) is 39.7 Å². The first-order valence-electron chi connectivity index (χ1n) is 9.23. The molecule has 1 aromatic carbocycles. The highest BCUT2D eigenvalue weighted by atomic mass is 28.3. The lowest BCUT2D eigenvalue weighted by molar-refractivity contribution is -0.149. The van der Waals surface area contributed by atoms with Gasteiger partial charge in [-0.15, -0.1) is 0 Å². The molecular formula is C19H29N2O5Si. The van der Waals surface area contributed by atoms with Gasteiger partial charge in [0.1, 0.15) is 11.6 Å². The van der Waals surface area contributed by atoms with Crippen molar-refractivity contribution in [3.05, 3.63) is 35.9 Å². The Morgan fingerprint density at radius 2 is 1.96 bits per heavy atom. The lowest BCUT2D eigenvalue weighted by Gasteiger charge is -2.37. The van der Waals surface area contributed by atoms with Crippen LogP contribution in [0, 0.1) is 0 Å². The van der Waals surface area contributed by atoms with Crippen molar-refractivity contribution in [1.82, 2.24) is 10.0 Å². The summed E-state index contributed by atoms with van der Waals surface area (Å²) in [5, 5.41) is 3.11. The fraction of sp³-hybridized carbons (Fsp3) is 0.579. The van der Waals surface area contributed by atoms with Crippen LogP contribution in [0.4, 0.5) is 4.79 Å². The first-order valence-corrected chi connectivity index (χ1v) is 11.1. The molecule has 1 aromatic rings. The average Bonchev–Trinajstić information content (AvgIpc) is 2.61. The summed E-state index contributed by atoms with van der Waals surface area (Å²) in [5.41, 5.74) is 0.439. The molecule has 2 rings (SSSR count). The maximum atomic E-state index is 12.6. The van der Waals surface area contributed by atoms with Gasteiger partial charge in [-0.3, -0.25) is 4.90 Å². The smallest absolute Gasteiger partial charge is 0.410 e. The van der Waals surface area contributed by atoms with E-state index in [9.17, 15) is 9.59 Å². The number of nitrogens with zero attached hydrogens (tertiary/aromatic N) is 1. The van der Waals surface area contributed by atoms with Crippen LogP contribution in [0.3, 0.4) is 0 Å². The SMILES string of the molecule is CCOC(=O)[C@H]1CC[Si](NOCc2ccccc2)CN1C(=O)OC(C)(C)C. The van der Waals surface area contributed by atoms with E-state index < -0.39 is 26.7 Å². The zero-order chi connectivity index (χ0) is 19.9. The Morgan fingerprint density at radius 1 is 1.26 bits per heavy atom. The number of carbonyl (C=O) groups is 2. The average molecular weight is 394 g/mol. The Kier molecular flexibility index (Phi) is 7.82. The summed E-state index contributed by atoms with van der Waals surface area (Å²) in [6, 6.07) is 10.0. The molecule has 8 heteroatoms. The summed E-state index contributed by atoms with van der Waals surface area (Å²) in [6.07, 6.45) is 0.457. The van der Waals surface area contributed by atoms with Crippen molar-refractivity contribution < 1.29 is 23.9 Å². The van der Waals surface area contributed by atoms with Gasteiger partial charge in [-0.25, -0.2) is 14.7 Å². The van der Waals surface area contributed by atoms with E-state index in [-0.39, 0.29) is 12.6 Å². The molecule has 1 aliphatic heterocycles. The first-order chi connectivity index (χ1) is 12.8. The predicted molar refractivity (Wildman–Crippen MR) is 103 cm³/mol. The van der Waals surface area contributed by atoms with Gasteiger partial charge in [-0.05, 0) is 45.7 Å². The monoisotopic (exact) mass is 393 g/mol. The highest BCUT2D eigenvalue weighted by Crippen LogP contribution is 2.21. The molecule has 1 fully saturated rings. The molecule has 7 nitrogen and oxygen atoms in total. The van der Waals surface area contributed by atoms with Gasteiger partial charge in [-0.2, -0.15) is 0 Å². The zero-order valence-corrected chi connectivity index (χ0v) is 17.5. The minimum absolute atomic E-state index is 0.285. The lowest BCUT2D eigenvalue weighted by atomic mass is 10.2. The standard InChI is InChI=1S/C19H29N2O5Si/c1-5-24-17(22)16-11-12-27(14-21(16)18(23)26-19(2,3)4)20-25-13-15-9-7-6-8-10-15/h6-10,16,20H,5,11-14H2,1-4H3/t16-/m1/s1. The molecule has 149 valence electrons. The van der Waals surface area contributed by atoms with E-state index in [0.717, 1.165) is 11.6 Å². The van der Waals surface area contributed by atoms with Crippen LogP contribution >= 0.6 is 0 Å². The molecule has 1 saturated heterocycles. The second-order valence-electron chi connectivity index (χ2n) is 7.39. The van der Waals surface area contributed by atoms with Crippen molar-refractivity contribution in [1.29, 1.82) is 0 Å². The van der Waals surface area contributed by atoms with E-state index in [2.05, 4.69) is 5.15 Å². The number of rotatable bonds is 6. The molecular weight excluding hydrogens is 364 g/mol. The van der Waals surface area contributed by atoms with Crippen LogP contribution < -0.4 is 5.15 Å².